The molecule has 0 aromatic carbocycles. The minimum absolute atomic E-state index is 0.434. The van der Waals surface area contributed by atoms with Gasteiger partial charge < -0.3 is 10.6 Å². The molecule has 1 saturated heterocycles. The fourth-order valence-corrected chi connectivity index (χ4v) is 2.47. The normalized spacial score (nSPS) is 30.4. The Bertz CT molecular complexity index is 170. The molecule has 1 rings (SSSR count). The SMILES string of the molecule is CCCCCC(C)N1CCC(N)C(C)C1. The molecule has 0 aromatic rings. The first kappa shape index (κ1) is 13.0. The molecule has 0 saturated carbocycles. The van der Waals surface area contributed by atoms with Crippen molar-refractivity contribution in [2.75, 3.05) is 13.1 Å². The van der Waals surface area contributed by atoms with E-state index in [2.05, 4.69) is 25.7 Å². The predicted octanol–water partition coefficient (Wildman–Crippen LogP) is 2.62. The summed E-state index contributed by atoms with van der Waals surface area (Å²) in [6, 6.07) is 1.19. The van der Waals surface area contributed by atoms with Crippen LogP contribution in [0.5, 0.6) is 0 Å². The van der Waals surface area contributed by atoms with E-state index < -0.39 is 0 Å². The number of piperidine rings is 1. The number of nitrogens with two attached hydrogens (primary N) is 1. The zero-order valence-electron chi connectivity index (χ0n) is 10.7. The minimum Gasteiger partial charge on any atom is -0.327 e. The summed E-state index contributed by atoms with van der Waals surface area (Å²) in [6.07, 6.45) is 6.63. The van der Waals surface area contributed by atoms with E-state index in [0.717, 1.165) is 6.04 Å². The van der Waals surface area contributed by atoms with Crippen LogP contribution in [0.25, 0.3) is 0 Å². The van der Waals surface area contributed by atoms with Crippen molar-refractivity contribution in [3.63, 3.8) is 0 Å². The number of hydrogen-bond donors (Lipinski definition) is 1. The molecule has 15 heavy (non-hydrogen) atoms. The average molecular weight is 212 g/mol. The third kappa shape index (κ3) is 4.12. The van der Waals surface area contributed by atoms with Crippen LogP contribution in [0.2, 0.25) is 0 Å². The standard InChI is InChI=1S/C13H28N2/c1-4-5-6-7-12(3)15-9-8-13(14)11(2)10-15/h11-13H,4-10,14H2,1-3H3. The van der Waals surface area contributed by atoms with Crippen molar-refractivity contribution in [1.82, 2.24) is 4.90 Å². The number of hydrogen-bond acceptors (Lipinski definition) is 2. The van der Waals surface area contributed by atoms with Crippen LogP contribution in [0.15, 0.2) is 0 Å². The Morgan fingerprint density at radius 1 is 1.40 bits per heavy atom. The van der Waals surface area contributed by atoms with Crippen LogP contribution in [-0.2, 0) is 0 Å². The Labute approximate surface area is 95.2 Å². The molecule has 2 nitrogen and oxygen atoms in total. The quantitative estimate of drug-likeness (QED) is 0.710. The molecule has 1 aliphatic heterocycles. The zero-order chi connectivity index (χ0) is 11.3. The van der Waals surface area contributed by atoms with E-state index in [0.29, 0.717) is 12.0 Å². The molecule has 0 aliphatic carbocycles. The molecule has 2 N–H and O–H groups in total. The van der Waals surface area contributed by atoms with Crippen molar-refractivity contribution >= 4 is 0 Å². The minimum atomic E-state index is 0.434. The second-order valence-electron chi connectivity index (χ2n) is 5.27. The highest BCUT2D eigenvalue weighted by Gasteiger charge is 2.25. The molecule has 2 heteroatoms. The number of likely N-dealkylation sites (tertiary alicyclic amines) is 1. The fourth-order valence-electron chi connectivity index (χ4n) is 2.47. The van der Waals surface area contributed by atoms with Crippen LogP contribution in [0.1, 0.15) is 52.9 Å². The summed E-state index contributed by atoms with van der Waals surface area (Å²) >= 11 is 0. The highest BCUT2D eigenvalue weighted by Crippen LogP contribution is 2.19. The first-order chi connectivity index (χ1) is 7.15. The highest BCUT2D eigenvalue weighted by molar-refractivity contribution is 4.82. The molecule has 3 unspecified atom stereocenters. The van der Waals surface area contributed by atoms with Gasteiger partial charge in [0.15, 0.2) is 0 Å². The average Bonchev–Trinajstić information content (AvgIpc) is 2.22. The van der Waals surface area contributed by atoms with Gasteiger partial charge in [0.25, 0.3) is 0 Å². The maximum absolute atomic E-state index is 6.04. The van der Waals surface area contributed by atoms with Crippen molar-refractivity contribution in [1.29, 1.82) is 0 Å². The Morgan fingerprint density at radius 3 is 2.73 bits per heavy atom. The maximum atomic E-state index is 6.04. The van der Waals surface area contributed by atoms with Crippen LogP contribution in [0.4, 0.5) is 0 Å². The van der Waals surface area contributed by atoms with Crippen LogP contribution < -0.4 is 5.73 Å². The fraction of sp³-hybridized carbons (Fsp3) is 1.00. The van der Waals surface area contributed by atoms with Crippen LogP contribution in [0, 0.1) is 5.92 Å². The first-order valence-corrected chi connectivity index (χ1v) is 6.64. The Kier molecular flexibility index (Phi) is 5.62. The largest absolute Gasteiger partial charge is 0.327 e. The van der Waals surface area contributed by atoms with Crippen LogP contribution in [0.3, 0.4) is 0 Å². The Balaban J connectivity index is 2.24. The van der Waals surface area contributed by atoms with Crippen molar-refractivity contribution in [2.24, 2.45) is 11.7 Å². The van der Waals surface area contributed by atoms with Gasteiger partial charge in [-0.1, -0.05) is 33.1 Å². The highest BCUT2D eigenvalue weighted by atomic mass is 15.2. The summed E-state index contributed by atoms with van der Waals surface area (Å²) in [6.45, 7) is 9.34. The molecule has 90 valence electrons. The lowest BCUT2D eigenvalue weighted by Gasteiger charge is -2.38. The van der Waals surface area contributed by atoms with E-state index in [1.165, 1.54) is 45.2 Å². The zero-order valence-corrected chi connectivity index (χ0v) is 10.7. The molecule has 1 heterocycles. The van der Waals surface area contributed by atoms with Crippen LogP contribution in [-0.4, -0.2) is 30.1 Å². The third-order valence-corrected chi connectivity index (χ3v) is 3.85. The monoisotopic (exact) mass is 212 g/mol. The van der Waals surface area contributed by atoms with Gasteiger partial charge in [-0.25, -0.2) is 0 Å². The lowest BCUT2D eigenvalue weighted by atomic mass is 9.93. The van der Waals surface area contributed by atoms with E-state index in [9.17, 15) is 0 Å². The van der Waals surface area contributed by atoms with Crippen molar-refractivity contribution in [3.05, 3.63) is 0 Å². The molecule has 0 aromatic heterocycles. The molecule has 1 fully saturated rings. The smallest absolute Gasteiger partial charge is 0.00889 e. The van der Waals surface area contributed by atoms with Crippen molar-refractivity contribution in [2.45, 2.75) is 65.0 Å². The second kappa shape index (κ2) is 6.49. The predicted molar refractivity (Wildman–Crippen MR) is 66.9 cm³/mol. The summed E-state index contributed by atoms with van der Waals surface area (Å²) in [5, 5.41) is 0. The van der Waals surface area contributed by atoms with Gasteiger partial charge >= 0.3 is 0 Å². The lowest BCUT2D eigenvalue weighted by molar-refractivity contribution is 0.117. The van der Waals surface area contributed by atoms with E-state index in [1.54, 1.807) is 0 Å². The molecule has 0 bridgehead atoms. The van der Waals surface area contributed by atoms with Gasteiger partial charge in [0.2, 0.25) is 0 Å². The molecule has 3 atom stereocenters. The van der Waals surface area contributed by atoms with Gasteiger partial charge in [0, 0.05) is 18.6 Å². The Hall–Kier alpha value is -0.0800. The summed E-state index contributed by atoms with van der Waals surface area (Å²) < 4.78 is 0. The number of unbranched alkanes of at least 4 members (excludes halogenated alkanes) is 2. The summed E-state index contributed by atoms with van der Waals surface area (Å²) in [5.41, 5.74) is 6.04. The molecule has 1 aliphatic rings. The van der Waals surface area contributed by atoms with Crippen LogP contribution >= 0.6 is 0 Å². The van der Waals surface area contributed by atoms with Crippen molar-refractivity contribution < 1.29 is 0 Å². The summed E-state index contributed by atoms with van der Waals surface area (Å²) in [5.74, 6) is 0.673. The van der Waals surface area contributed by atoms with Crippen molar-refractivity contribution in [3.8, 4) is 0 Å². The molecule has 0 amide bonds. The van der Waals surface area contributed by atoms with E-state index >= 15 is 0 Å². The second-order valence-corrected chi connectivity index (χ2v) is 5.27. The molecule has 0 spiro atoms. The Morgan fingerprint density at radius 2 is 2.13 bits per heavy atom. The van der Waals surface area contributed by atoms with Gasteiger partial charge in [0.05, 0.1) is 0 Å². The van der Waals surface area contributed by atoms with Gasteiger partial charge in [-0.15, -0.1) is 0 Å². The molecular formula is C13H28N2. The van der Waals surface area contributed by atoms with E-state index in [1.807, 2.05) is 0 Å². The topological polar surface area (TPSA) is 29.3 Å². The van der Waals surface area contributed by atoms with Gasteiger partial charge in [-0.3, -0.25) is 0 Å². The van der Waals surface area contributed by atoms with Gasteiger partial charge in [-0.05, 0) is 32.2 Å². The van der Waals surface area contributed by atoms with E-state index in [-0.39, 0.29) is 0 Å². The van der Waals surface area contributed by atoms with E-state index in [4.69, 9.17) is 5.73 Å². The lowest BCUT2D eigenvalue weighted by Crippen LogP contribution is -2.48. The number of rotatable bonds is 5. The summed E-state index contributed by atoms with van der Waals surface area (Å²) in [4.78, 5) is 2.63. The first-order valence-electron chi connectivity index (χ1n) is 6.64. The molecule has 0 radical (unpaired) electrons. The summed E-state index contributed by atoms with van der Waals surface area (Å²) in [7, 11) is 0. The van der Waals surface area contributed by atoms with Gasteiger partial charge in [-0.2, -0.15) is 0 Å². The molecular weight excluding hydrogens is 184 g/mol. The van der Waals surface area contributed by atoms with Gasteiger partial charge in [0.1, 0.15) is 0 Å². The maximum Gasteiger partial charge on any atom is 0.00889 e. The number of nitrogens with zero attached hydrogens (tertiary/aromatic N) is 1. The third-order valence-electron chi connectivity index (χ3n) is 3.85.